The first-order chi connectivity index (χ1) is 7.14. The molecule has 0 amide bonds. The Kier molecular flexibility index (Phi) is 5.58. The minimum Gasteiger partial charge on any atom is -0.382 e. The summed E-state index contributed by atoms with van der Waals surface area (Å²) in [7, 11) is 0. The molecule has 0 aromatic heterocycles. The molecule has 0 aliphatic carbocycles. The average Bonchev–Trinajstić information content (AvgIpc) is 2.16. The Morgan fingerprint density at radius 1 is 1.47 bits per heavy atom. The zero-order chi connectivity index (χ0) is 11.1. The third kappa shape index (κ3) is 5.50. The Labute approximate surface area is 93.5 Å². The van der Waals surface area contributed by atoms with Gasteiger partial charge >= 0.3 is 0 Å². The summed E-state index contributed by atoms with van der Waals surface area (Å²) in [5, 5.41) is 3.58. The van der Waals surface area contributed by atoms with E-state index in [1.54, 1.807) is 0 Å². The van der Waals surface area contributed by atoms with Crippen LogP contribution in [-0.2, 0) is 9.47 Å². The molecule has 90 valence electrons. The van der Waals surface area contributed by atoms with Crippen LogP contribution in [0.5, 0.6) is 0 Å². The van der Waals surface area contributed by atoms with Gasteiger partial charge in [0.05, 0.1) is 5.60 Å². The highest BCUT2D eigenvalue weighted by atomic mass is 16.5. The van der Waals surface area contributed by atoms with Crippen LogP contribution < -0.4 is 5.32 Å². The van der Waals surface area contributed by atoms with Gasteiger partial charge in [0.1, 0.15) is 0 Å². The van der Waals surface area contributed by atoms with Crippen LogP contribution in [0.15, 0.2) is 0 Å². The maximum atomic E-state index is 5.68. The van der Waals surface area contributed by atoms with E-state index in [2.05, 4.69) is 19.2 Å². The fourth-order valence-corrected chi connectivity index (χ4v) is 2.03. The lowest BCUT2D eigenvalue weighted by Crippen LogP contribution is -2.44. The Morgan fingerprint density at radius 2 is 2.27 bits per heavy atom. The van der Waals surface area contributed by atoms with Gasteiger partial charge in [0.2, 0.25) is 0 Å². The number of hydrogen-bond acceptors (Lipinski definition) is 3. The third-order valence-corrected chi connectivity index (χ3v) is 2.80. The number of ether oxygens (including phenoxy) is 2. The fraction of sp³-hybridized carbons (Fsp3) is 1.00. The number of nitrogens with one attached hydrogen (secondary N) is 1. The largest absolute Gasteiger partial charge is 0.382 e. The standard InChI is InChI=1S/C12H25NO2/c1-4-14-8-5-7-13-11-6-9-15-12(2,3)10-11/h11,13H,4-10H2,1-3H3. The van der Waals surface area contributed by atoms with Gasteiger partial charge in [0.25, 0.3) is 0 Å². The van der Waals surface area contributed by atoms with Gasteiger partial charge in [-0.15, -0.1) is 0 Å². The SMILES string of the molecule is CCOCCCNC1CCOC(C)(C)C1. The van der Waals surface area contributed by atoms with Gasteiger partial charge in [-0.05, 0) is 46.6 Å². The van der Waals surface area contributed by atoms with Gasteiger partial charge < -0.3 is 14.8 Å². The van der Waals surface area contributed by atoms with E-state index >= 15 is 0 Å². The Morgan fingerprint density at radius 3 is 2.93 bits per heavy atom. The van der Waals surface area contributed by atoms with E-state index in [9.17, 15) is 0 Å². The van der Waals surface area contributed by atoms with Gasteiger partial charge in [-0.2, -0.15) is 0 Å². The molecule has 1 aliphatic rings. The summed E-state index contributed by atoms with van der Waals surface area (Å²) in [5.74, 6) is 0. The fourth-order valence-electron chi connectivity index (χ4n) is 2.03. The normalized spacial score (nSPS) is 25.4. The summed E-state index contributed by atoms with van der Waals surface area (Å²) >= 11 is 0. The van der Waals surface area contributed by atoms with Crippen molar-refractivity contribution in [3.8, 4) is 0 Å². The van der Waals surface area contributed by atoms with Crippen LogP contribution in [0.1, 0.15) is 40.0 Å². The highest BCUT2D eigenvalue weighted by molar-refractivity contribution is 4.82. The molecule has 1 heterocycles. The Balaban J connectivity index is 2.05. The maximum absolute atomic E-state index is 5.68. The number of rotatable bonds is 6. The highest BCUT2D eigenvalue weighted by Gasteiger charge is 2.28. The zero-order valence-electron chi connectivity index (χ0n) is 10.3. The molecule has 0 saturated carbocycles. The first kappa shape index (κ1) is 12.9. The van der Waals surface area contributed by atoms with Crippen LogP contribution >= 0.6 is 0 Å². The van der Waals surface area contributed by atoms with E-state index < -0.39 is 0 Å². The lowest BCUT2D eigenvalue weighted by molar-refractivity contribution is -0.0629. The van der Waals surface area contributed by atoms with E-state index in [1.165, 1.54) is 0 Å². The van der Waals surface area contributed by atoms with Crippen molar-refractivity contribution in [3.63, 3.8) is 0 Å². The molecule has 0 bridgehead atoms. The van der Waals surface area contributed by atoms with Gasteiger partial charge in [-0.25, -0.2) is 0 Å². The van der Waals surface area contributed by atoms with Crippen LogP contribution in [-0.4, -0.2) is 38.0 Å². The lowest BCUT2D eigenvalue weighted by Gasteiger charge is -2.36. The smallest absolute Gasteiger partial charge is 0.0641 e. The van der Waals surface area contributed by atoms with E-state index in [0.29, 0.717) is 6.04 Å². The molecule has 3 nitrogen and oxygen atoms in total. The summed E-state index contributed by atoms with van der Waals surface area (Å²) in [6.07, 6.45) is 3.35. The van der Waals surface area contributed by atoms with Crippen LogP contribution in [0.4, 0.5) is 0 Å². The first-order valence-corrected chi connectivity index (χ1v) is 6.09. The van der Waals surface area contributed by atoms with Crippen molar-refractivity contribution >= 4 is 0 Å². The summed E-state index contributed by atoms with van der Waals surface area (Å²) < 4.78 is 11.0. The van der Waals surface area contributed by atoms with Crippen LogP contribution in [0.3, 0.4) is 0 Å². The van der Waals surface area contributed by atoms with E-state index in [1.807, 2.05) is 6.92 Å². The van der Waals surface area contributed by atoms with Crippen molar-refractivity contribution in [3.05, 3.63) is 0 Å². The molecule has 15 heavy (non-hydrogen) atoms. The topological polar surface area (TPSA) is 30.5 Å². The molecule has 1 atom stereocenters. The molecule has 1 unspecified atom stereocenters. The molecule has 0 spiro atoms. The molecule has 1 saturated heterocycles. The Hall–Kier alpha value is -0.120. The van der Waals surface area contributed by atoms with Gasteiger partial charge in [0.15, 0.2) is 0 Å². The van der Waals surface area contributed by atoms with Crippen molar-refractivity contribution in [1.29, 1.82) is 0 Å². The van der Waals surface area contributed by atoms with Gasteiger partial charge in [-0.1, -0.05) is 0 Å². The molecule has 1 aliphatic heterocycles. The van der Waals surface area contributed by atoms with Crippen LogP contribution in [0.2, 0.25) is 0 Å². The molecule has 0 aromatic carbocycles. The van der Waals surface area contributed by atoms with Crippen LogP contribution in [0, 0.1) is 0 Å². The van der Waals surface area contributed by atoms with Gasteiger partial charge in [-0.3, -0.25) is 0 Å². The molecular formula is C12H25NO2. The van der Waals surface area contributed by atoms with Crippen molar-refractivity contribution in [2.24, 2.45) is 0 Å². The average molecular weight is 215 g/mol. The van der Waals surface area contributed by atoms with Crippen molar-refractivity contribution < 1.29 is 9.47 Å². The number of hydrogen-bond donors (Lipinski definition) is 1. The second-order valence-electron chi connectivity index (χ2n) is 4.80. The van der Waals surface area contributed by atoms with E-state index in [-0.39, 0.29) is 5.60 Å². The van der Waals surface area contributed by atoms with Gasteiger partial charge in [0, 0.05) is 25.9 Å². The summed E-state index contributed by atoms with van der Waals surface area (Å²) in [6.45, 7) is 10.0. The van der Waals surface area contributed by atoms with E-state index in [4.69, 9.17) is 9.47 Å². The molecule has 1 fully saturated rings. The van der Waals surface area contributed by atoms with E-state index in [0.717, 1.165) is 45.6 Å². The predicted octanol–water partition coefficient (Wildman–Crippen LogP) is 1.96. The summed E-state index contributed by atoms with van der Waals surface area (Å²) in [4.78, 5) is 0. The second kappa shape index (κ2) is 6.46. The Bertz CT molecular complexity index is 171. The first-order valence-electron chi connectivity index (χ1n) is 6.09. The molecule has 1 rings (SSSR count). The second-order valence-corrected chi connectivity index (χ2v) is 4.80. The molecule has 0 radical (unpaired) electrons. The highest BCUT2D eigenvalue weighted by Crippen LogP contribution is 2.23. The predicted molar refractivity (Wildman–Crippen MR) is 62.2 cm³/mol. The molecule has 1 N–H and O–H groups in total. The minimum atomic E-state index is 0.0514. The van der Waals surface area contributed by atoms with Crippen molar-refractivity contribution in [1.82, 2.24) is 5.32 Å². The van der Waals surface area contributed by atoms with Crippen molar-refractivity contribution in [2.75, 3.05) is 26.4 Å². The quantitative estimate of drug-likeness (QED) is 0.687. The molecular weight excluding hydrogens is 190 g/mol. The van der Waals surface area contributed by atoms with Crippen molar-refractivity contribution in [2.45, 2.75) is 51.7 Å². The monoisotopic (exact) mass is 215 g/mol. The van der Waals surface area contributed by atoms with Crippen LogP contribution in [0.25, 0.3) is 0 Å². The minimum absolute atomic E-state index is 0.0514. The lowest BCUT2D eigenvalue weighted by atomic mass is 9.94. The maximum Gasteiger partial charge on any atom is 0.0641 e. The zero-order valence-corrected chi connectivity index (χ0v) is 10.3. The molecule has 3 heteroatoms. The summed E-state index contributed by atoms with van der Waals surface area (Å²) in [5.41, 5.74) is 0.0514. The summed E-state index contributed by atoms with van der Waals surface area (Å²) in [6, 6.07) is 0.621. The third-order valence-electron chi connectivity index (χ3n) is 2.80. The molecule has 0 aromatic rings.